The van der Waals surface area contributed by atoms with Gasteiger partial charge < -0.3 is 4.74 Å². The quantitative estimate of drug-likeness (QED) is 0.795. The molecule has 0 saturated carbocycles. The predicted octanol–water partition coefficient (Wildman–Crippen LogP) is 2.22. The highest BCUT2D eigenvalue weighted by molar-refractivity contribution is 9.10. The number of hydrogen-bond donors (Lipinski definition) is 0. The number of nitriles is 1. The number of rotatable bonds is 1. The van der Waals surface area contributed by atoms with Gasteiger partial charge in [-0.15, -0.1) is 0 Å². The van der Waals surface area contributed by atoms with Crippen molar-refractivity contribution >= 4 is 26.8 Å². The van der Waals surface area contributed by atoms with Crippen LogP contribution < -0.4 is 4.74 Å². The lowest BCUT2D eigenvalue weighted by Crippen LogP contribution is -1.91. The van der Waals surface area contributed by atoms with Gasteiger partial charge in [0.05, 0.1) is 23.6 Å². The number of benzene rings is 1. The van der Waals surface area contributed by atoms with Crippen LogP contribution in [0.25, 0.3) is 10.9 Å². The van der Waals surface area contributed by atoms with Crippen LogP contribution in [0.1, 0.15) is 5.56 Å². The summed E-state index contributed by atoms with van der Waals surface area (Å²) in [5, 5.41) is 14.0. The largest absolute Gasteiger partial charge is 0.495 e. The standard InChI is InChI=1S/C10H8BrN3O/c1-14-7-4-3-6(5-12)9(15-2)8(7)10(11)13-14/h3-4H,1-2H3. The molecule has 0 aliphatic rings. The summed E-state index contributed by atoms with van der Waals surface area (Å²) >= 11 is 3.35. The van der Waals surface area contributed by atoms with E-state index in [-0.39, 0.29) is 0 Å². The molecule has 2 rings (SSSR count). The molecule has 0 spiro atoms. The Labute approximate surface area is 95.2 Å². The van der Waals surface area contributed by atoms with Crippen molar-refractivity contribution in [1.29, 1.82) is 5.26 Å². The number of aromatic nitrogens is 2. The van der Waals surface area contributed by atoms with E-state index in [1.807, 2.05) is 13.1 Å². The fraction of sp³-hybridized carbons (Fsp3) is 0.200. The maximum atomic E-state index is 8.93. The number of ether oxygens (including phenoxy) is 1. The van der Waals surface area contributed by atoms with Gasteiger partial charge in [-0.2, -0.15) is 10.4 Å². The lowest BCUT2D eigenvalue weighted by molar-refractivity contribution is 0.418. The maximum Gasteiger partial charge on any atom is 0.148 e. The van der Waals surface area contributed by atoms with Crippen LogP contribution in [0.5, 0.6) is 5.75 Å². The molecule has 0 fully saturated rings. The summed E-state index contributed by atoms with van der Waals surface area (Å²) in [7, 11) is 3.40. The molecule has 4 nitrogen and oxygen atoms in total. The van der Waals surface area contributed by atoms with Crippen LogP contribution in [-0.2, 0) is 7.05 Å². The molecule has 1 aromatic heterocycles. The first-order valence-electron chi connectivity index (χ1n) is 4.28. The summed E-state index contributed by atoms with van der Waals surface area (Å²) in [4.78, 5) is 0. The van der Waals surface area contributed by atoms with E-state index in [1.54, 1.807) is 17.9 Å². The molecule has 0 atom stereocenters. The molecule has 0 aliphatic heterocycles. The highest BCUT2D eigenvalue weighted by Gasteiger charge is 2.14. The van der Waals surface area contributed by atoms with E-state index in [4.69, 9.17) is 10.00 Å². The lowest BCUT2D eigenvalue weighted by atomic mass is 10.1. The van der Waals surface area contributed by atoms with Gasteiger partial charge in [0, 0.05) is 7.05 Å². The number of methoxy groups -OCH3 is 1. The Kier molecular flexibility index (Phi) is 2.37. The minimum atomic E-state index is 0.513. The summed E-state index contributed by atoms with van der Waals surface area (Å²) in [5.74, 6) is 0.565. The molecule has 1 aromatic carbocycles. The fourth-order valence-electron chi connectivity index (χ4n) is 1.58. The van der Waals surface area contributed by atoms with Crippen LogP contribution in [0.3, 0.4) is 0 Å². The van der Waals surface area contributed by atoms with Crippen molar-refractivity contribution in [3.8, 4) is 11.8 Å². The van der Waals surface area contributed by atoms with Gasteiger partial charge in [0.25, 0.3) is 0 Å². The van der Waals surface area contributed by atoms with Crippen molar-refractivity contribution in [2.24, 2.45) is 7.05 Å². The topological polar surface area (TPSA) is 50.8 Å². The second-order valence-corrected chi connectivity index (χ2v) is 3.82. The van der Waals surface area contributed by atoms with Gasteiger partial charge in [0.1, 0.15) is 16.4 Å². The zero-order valence-corrected chi connectivity index (χ0v) is 9.87. The third-order valence-electron chi connectivity index (χ3n) is 2.25. The van der Waals surface area contributed by atoms with Crippen molar-refractivity contribution in [2.45, 2.75) is 0 Å². The summed E-state index contributed by atoms with van der Waals surface area (Å²) in [6.45, 7) is 0. The average molecular weight is 266 g/mol. The Bertz CT molecular complexity index is 568. The average Bonchev–Trinajstić information content (AvgIpc) is 2.53. The zero-order valence-electron chi connectivity index (χ0n) is 8.28. The molecule has 0 radical (unpaired) electrons. The summed E-state index contributed by atoms with van der Waals surface area (Å²) in [5.41, 5.74) is 1.44. The number of halogens is 1. The van der Waals surface area contributed by atoms with Crippen molar-refractivity contribution in [2.75, 3.05) is 7.11 Å². The van der Waals surface area contributed by atoms with Gasteiger partial charge in [0.15, 0.2) is 0 Å². The molecule has 0 aliphatic carbocycles. The maximum absolute atomic E-state index is 8.93. The summed E-state index contributed by atoms with van der Waals surface area (Å²) in [6, 6.07) is 5.68. The smallest absolute Gasteiger partial charge is 0.148 e. The third kappa shape index (κ3) is 1.38. The first-order chi connectivity index (χ1) is 7.19. The van der Waals surface area contributed by atoms with E-state index in [2.05, 4.69) is 27.1 Å². The van der Waals surface area contributed by atoms with E-state index in [0.29, 0.717) is 15.9 Å². The van der Waals surface area contributed by atoms with Crippen molar-refractivity contribution in [3.05, 3.63) is 22.3 Å². The second-order valence-electron chi connectivity index (χ2n) is 3.07. The van der Waals surface area contributed by atoms with Crippen molar-refractivity contribution in [3.63, 3.8) is 0 Å². The summed E-state index contributed by atoms with van der Waals surface area (Å²) < 4.78 is 7.67. The second kappa shape index (κ2) is 3.55. The normalized spacial score (nSPS) is 10.3. The molecule has 1 heterocycles. The Morgan fingerprint density at radius 1 is 1.53 bits per heavy atom. The minimum absolute atomic E-state index is 0.513. The number of fused-ring (bicyclic) bond motifs is 1. The molecule has 0 saturated heterocycles. The minimum Gasteiger partial charge on any atom is -0.495 e. The first-order valence-corrected chi connectivity index (χ1v) is 5.07. The van der Waals surface area contributed by atoms with E-state index >= 15 is 0 Å². The Morgan fingerprint density at radius 3 is 2.87 bits per heavy atom. The lowest BCUT2D eigenvalue weighted by Gasteiger charge is -2.04. The predicted molar refractivity (Wildman–Crippen MR) is 59.7 cm³/mol. The number of hydrogen-bond acceptors (Lipinski definition) is 3. The Hall–Kier alpha value is -1.54. The van der Waals surface area contributed by atoms with Crippen molar-refractivity contribution in [1.82, 2.24) is 9.78 Å². The SMILES string of the molecule is COc1c(C#N)ccc2c1c(Br)nn2C. The molecular weight excluding hydrogens is 258 g/mol. The molecular formula is C10H8BrN3O. The highest BCUT2D eigenvalue weighted by Crippen LogP contribution is 2.34. The molecule has 15 heavy (non-hydrogen) atoms. The van der Waals surface area contributed by atoms with Crippen LogP contribution in [0.2, 0.25) is 0 Å². The van der Waals surface area contributed by atoms with Gasteiger partial charge in [-0.1, -0.05) is 0 Å². The van der Waals surface area contributed by atoms with Crippen LogP contribution >= 0.6 is 15.9 Å². The molecule has 0 N–H and O–H groups in total. The zero-order chi connectivity index (χ0) is 11.0. The van der Waals surface area contributed by atoms with Gasteiger partial charge in [-0.05, 0) is 28.1 Å². The van der Waals surface area contributed by atoms with Gasteiger partial charge in [0.2, 0.25) is 0 Å². The molecule has 5 heteroatoms. The molecule has 0 bridgehead atoms. The fourth-order valence-corrected chi connectivity index (χ4v) is 2.20. The van der Waals surface area contributed by atoms with Crippen LogP contribution in [0.4, 0.5) is 0 Å². The van der Waals surface area contributed by atoms with E-state index in [1.165, 1.54) is 0 Å². The van der Waals surface area contributed by atoms with Gasteiger partial charge >= 0.3 is 0 Å². The molecule has 0 unspecified atom stereocenters. The summed E-state index contributed by atoms with van der Waals surface area (Å²) in [6.07, 6.45) is 0. The molecule has 0 amide bonds. The van der Waals surface area contributed by atoms with Gasteiger partial charge in [-0.3, -0.25) is 4.68 Å². The number of nitrogens with zero attached hydrogens (tertiary/aromatic N) is 3. The van der Waals surface area contributed by atoms with Crippen LogP contribution in [0.15, 0.2) is 16.7 Å². The Morgan fingerprint density at radius 2 is 2.27 bits per heavy atom. The van der Waals surface area contributed by atoms with E-state index < -0.39 is 0 Å². The van der Waals surface area contributed by atoms with E-state index in [0.717, 1.165) is 10.9 Å². The van der Waals surface area contributed by atoms with E-state index in [9.17, 15) is 0 Å². The third-order valence-corrected chi connectivity index (χ3v) is 2.81. The van der Waals surface area contributed by atoms with Crippen LogP contribution in [0, 0.1) is 11.3 Å². The van der Waals surface area contributed by atoms with Crippen LogP contribution in [-0.4, -0.2) is 16.9 Å². The highest BCUT2D eigenvalue weighted by atomic mass is 79.9. The number of aryl methyl sites for hydroxylation is 1. The first kappa shape index (κ1) is 9.99. The molecule has 76 valence electrons. The van der Waals surface area contributed by atoms with Gasteiger partial charge in [-0.25, -0.2) is 0 Å². The Balaban J connectivity index is 2.94. The molecule has 2 aromatic rings. The van der Waals surface area contributed by atoms with Crippen molar-refractivity contribution < 1.29 is 4.74 Å². The monoisotopic (exact) mass is 265 g/mol.